The highest BCUT2D eigenvalue weighted by molar-refractivity contribution is 5.95. The van der Waals surface area contributed by atoms with Gasteiger partial charge in [-0.05, 0) is 48.0 Å². The van der Waals surface area contributed by atoms with Gasteiger partial charge >= 0.3 is 5.69 Å². The molecule has 6 N–H and O–H groups in total. The van der Waals surface area contributed by atoms with E-state index in [4.69, 9.17) is 25.8 Å². The van der Waals surface area contributed by atoms with Crippen LogP contribution < -0.4 is 21.5 Å². The average molecular weight is 503 g/mol. The van der Waals surface area contributed by atoms with Gasteiger partial charge in [-0.2, -0.15) is 0 Å². The van der Waals surface area contributed by atoms with Crippen molar-refractivity contribution in [2.75, 3.05) is 12.4 Å². The third-order valence-corrected chi connectivity index (χ3v) is 4.96. The zero-order valence-electron chi connectivity index (χ0n) is 20.2. The first-order chi connectivity index (χ1) is 17.7. The zero-order valence-corrected chi connectivity index (χ0v) is 20.2. The molecule has 0 bridgehead atoms. The molecule has 0 radical (unpaired) electrons. The number of carboxylic acid groups (broad SMARTS) is 1. The number of methoxy groups -OCH3 is 1. The molecule has 1 atom stereocenters. The predicted molar refractivity (Wildman–Crippen MR) is 139 cm³/mol. The van der Waals surface area contributed by atoms with E-state index in [1.807, 2.05) is 18.2 Å². The SMILES string of the molecule is C=Cc1cc(C(Nc2ccc(C(=N)N)cc2)c2nn(-c3ncccn3)c(=O)[nH]2)ccc1OC.CC(=O)O. The van der Waals surface area contributed by atoms with E-state index in [1.165, 1.54) is 12.4 Å². The number of anilines is 1. The summed E-state index contributed by atoms with van der Waals surface area (Å²) in [5.74, 6) is 0.351. The monoisotopic (exact) mass is 502 g/mol. The molecule has 0 saturated heterocycles. The molecular formula is C25H26N8O4. The van der Waals surface area contributed by atoms with Crippen LogP contribution in [0.3, 0.4) is 0 Å². The van der Waals surface area contributed by atoms with Crippen LogP contribution in [0, 0.1) is 5.41 Å². The number of ether oxygens (including phenoxy) is 1. The Balaban J connectivity index is 0.000000886. The number of nitrogens with one attached hydrogen (secondary N) is 3. The maximum Gasteiger partial charge on any atom is 0.350 e. The molecular weight excluding hydrogens is 476 g/mol. The number of rotatable bonds is 8. The lowest BCUT2D eigenvalue weighted by Crippen LogP contribution is -2.18. The fraction of sp³-hybridized carbons (Fsp3) is 0.120. The lowest BCUT2D eigenvalue weighted by molar-refractivity contribution is -0.134. The van der Waals surface area contributed by atoms with Gasteiger partial charge in [0.15, 0.2) is 5.82 Å². The molecule has 2 aromatic heterocycles. The summed E-state index contributed by atoms with van der Waals surface area (Å²) in [6.07, 6.45) is 4.77. The number of nitrogen functional groups attached to an aromatic ring is 1. The molecule has 190 valence electrons. The molecule has 0 amide bonds. The molecule has 2 heterocycles. The van der Waals surface area contributed by atoms with Crippen LogP contribution in [0.25, 0.3) is 12.0 Å². The number of aromatic nitrogens is 5. The Hall–Kier alpha value is -5.26. The van der Waals surface area contributed by atoms with Gasteiger partial charge in [0, 0.05) is 36.1 Å². The van der Waals surface area contributed by atoms with Crippen molar-refractivity contribution in [2.45, 2.75) is 13.0 Å². The Morgan fingerprint density at radius 1 is 1.24 bits per heavy atom. The maximum atomic E-state index is 12.6. The second kappa shape index (κ2) is 11.9. The Labute approximate surface area is 212 Å². The Morgan fingerprint density at radius 3 is 2.46 bits per heavy atom. The molecule has 0 aliphatic heterocycles. The molecule has 12 nitrogen and oxygen atoms in total. The Kier molecular flexibility index (Phi) is 8.49. The number of H-pyrrole nitrogens is 1. The smallest absolute Gasteiger partial charge is 0.350 e. The fourth-order valence-electron chi connectivity index (χ4n) is 3.32. The number of nitrogens with zero attached hydrogens (tertiary/aromatic N) is 4. The van der Waals surface area contributed by atoms with Crippen LogP contribution in [0.4, 0.5) is 5.69 Å². The molecule has 0 aliphatic carbocycles. The number of benzene rings is 2. The van der Waals surface area contributed by atoms with Crippen LogP contribution in [0.2, 0.25) is 0 Å². The summed E-state index contributed by atoms with van der Waals surface area (Å²) < 4.78 is 6.51. The summed E-state index contributed by atoms with van der Waals surface area (Å²) in [5.41, 5.74) is 8.05. The largest absolute Gasteiger partial charge is 0.496 e. The quantitative estimate of drug-likeness (QED) is 0.178. The van der Waals surface area contributed by atoms with E-state index < -0.39 is 17.7 Å². The standard InChI is InChI=1S/C23H22N8O2.C2H4O2/c1-3-14-13-16(7-10-18(14)33-2)19(28-17-8-5-15(6-9-17)20(24)25)21-29-23(32)31(30-21)22-26-11-4-12-27-22;1-2(3)4/h3-13,19,28H,1H2,2H3,(H3,24,25)(H,29,30,32);1H3,(H,3,4). The van der Waals surface area contributed by atoms with Crippen molar-refractivity contribution in [3.05, 3.63) is 101 Å². The number of amidine groups is 1. The van der Waals surface area contributed by atoms with Crippen molar-refractivity contribution in [1.29, 1.82) is 5.41 Å². The highest BCUT2D eigenvalue weighted by Crippen LogP contribution is 2.29. The summed E-state index contributed by atoms with van der Waals surface area (Å²) in [6, 6.07) is 13.8. The summed E-state index contributed by atoms with van der Waals surface area (Å²) >= 11 is 0. The van der Waals surface area contributed by atoms with Crippen molar-refractivity contribution in [1.82, 2.24) is 24.7 Å². The van der Waals surface area contributed by atoms with Crippen molar-refractivity contribution >= 4 is 23.6 Å². The molecule has 0 spiro atoms. The van der Waals surface area contributed by atoms with Crippen LogP contribution in [0.1, 0.15) is 35.5 Å². The van der Waals surface area contributed by atoms with Crippen LogP contribution in [0.15, 0.2) is 72.3 Å². The van der Waals surface area contributed by atoms with Crippen LogP contribution in [0.5, 0.6) is 5.75 Å². The molecule has 0 aliphatic rings. The number of carboxylic acids is 1. The van der Waals surface area contributed by atoms with E-state index >= 15 is 0 Å². The van der Waals surface area contributed by atoms with Crippen LogP contribution in [-0.2, 0) is 4.79 Å². The molecule has 0 saturated carbocycles. The first-order valence-corrected chi connectivity index (χ1v) is 10.9. The third kappa shape index (κ3) is 6.66. The van der Waals surface area contributed by atoms with Gasteiger partial charge in [-0.15, -0.1) is 9.78 Å². The molecule has 1 unspecified atom stereocenters. The van der Waals surface area contributed by atoms with Gasteiger partial charge in [0.25, 0.3) is 11.9 Å². The van der Waals surface area contributed by atoms with E-state index in [2.05, 4.69) is 31.9 Å². The number of nitrogens with two attached hydrogens (primary N) is 1. The zero-order chi connectivity index (χ0) is 26.9. The second-order valence-electron chi connectivity index (χ2n) is 7.57. The van der Waals surface area contributed by atoms with Crippen molar-refractivity contribution in [2.24, 2.45) is 5.73 Å². The highest BCUT2D eigenvalue weighted by atomic mass is 16.5. The van der Waals surface area contributed by atoms with E-state index in [-0.39, 0.29) is 11.8 Å². The summed E-state index contributed by atoms with van der Waals surface area (Å²) in [7, 11) is 1.59. The third-order valence-electron chi connectivity index (χ3n) is 4.96. The average Bonchev–Trinajstić information content (AvgIpc) is 3.28. The van der Waals surface area contributed by atoms with Gasteiger partial charge in [0.05, 0.1) is 7.11 Å². The van der Waals surface area contributed by atoms with E-state index in [9.17, 15) is 4.79 Å². The Morgan fingerprint density at radius 2 is 1.89 bits per heavy atom. The van der Waals surface area contributed by atoms with Crippen LogP contribution >= 0.6 is 0 Å². The first-order valence-electron chi connectivity index (χ1n) is 10.9. The van der Waals surface area contributed by atoms with Gasteiger partial charge in [-0.25, -0.2) is 14.8 Å². The molecule has 0 fully saturated rings. The number of aromatic amines is 1. The van der Waals surface area contributed by atoms with Crippen LogP contribution in [-0.4, -0.2) is 48.8 Å². The molecule has 4 rings (SSSR count). The first kappa shape index (κ1) is 26.3. The molecule has 12 heteroatoms. The minimum absolute atomic E-state index is 0.0187. The molecule has 2 aromatic carbocycles. The number of hydrogen-bond acceptors (Lipinski definition) is 8. The minimum atomic E-state index is -0.833. The van der Waals surface area contributed by atoms with Gasteiger partial charge < -0.3 is 20.9 Å². The fourth-order valence-corrected chi connectivity index (χ4v) is 3.32. The van der Waals surface area contributed by atoms with Crippen molar-refractivity contribution in [3.63, 3.8) is 0 Å². The summed E-state index contributed by atoms with van der Waals surface area (Å²) in [6.45, 7) is 4.94. The number of hydrogen-bond donors (Lipinski definition) is 5. The van der Waals surface area contributed by atoms with E-state index in [0.717, 1.165) is 28.4 Å². The lowest BCUT2D eigenvalue weighted by Gasteiger charge is -2.19. The number of aliphatic carboxylic acids is 1. The highest BCUT2D eigenvalue weighted by Gasteiger charge is 2.22. The van der Waals surface area contributed by atoms with E-state index in [0.29, 0.717) is 17.1 Å². The number of carbonyl (C=O) groups is 1. The Bertz CT molecular complexity index is 1440. The second-order valence-corrected chi connectivity index (χ2v) is 7.57. The normalized spacial score (nSPS) is 11.0. The summed E-state index contributed by atoms with van der Waals surface area (Å²) in [5, 5.41) is 22.8. The van der Waals surface area contributed by atoms with Crippen molar-refractivity contribution < 1.29 is 14.6 Å². The van der Waals surface area contributed by atoms with Gasteiger partial charge in [-0.1, -0.05) is 18.7 Å². The predicted octanol–water partition coefficient (Wildman–Crippen LogP) is 2.58. The van der Waals surface area contributed by atoms with Crippen molar-refractivity contribution in [3.8, 4) is 11.7 Å². The topological polar surface area (TPSA) is 185 Å². The van der Waals surface area contributed by atoms with Gasteiger partial charge in [0.2, 0.25) is 0 Å². The van der Waals surface area contributed by atoms with Gasteiger partial charge in [0.1, 0.15) is 17.6 Å². The molecule has 4 aromatic rings. The molecule has 37 heavy (non-hydrogen) atoms. The lowest BCUT2D eigenvalue weighted by atomic mass is 10.0. The van der Waals surface area contributed by atoms with Gasteiger partial charge in [-0.3, -0.25) is 15.2 Å². The van der Waals surface area contributed by atoms with E-state index in [1.54, 1.807) is 43.5 Å². The maximum absolute atomic E-state index is 12.6. The minimum Gasteiger partial charge on any atom is -0.496 e. The summed E-state index contributed by atoms with van der Waals surface area (Å²) in [4.78, 5) is 32.6.